The van der Waals surface area contributed by atoms with Crippen LogP contribution in [0.2, 0.25) is 0 Å². The number of ketones is 1. The van der Waals surface area contributed by atoms with Crippen molar-refractivity contribution in [2.45, 2.75) is 63.2 Å². The van der Waals surface area contributed by atoms with Crippen molar-refractivity contribution < 1.29 is 27.2 Å². The number of carbonyl (C=O) groups excluding carboxylic acids is 3. The fraction of sp³-hybridized carbons (Fsp3) is 0.407. The highest BCUT2D eigenvalue weighted by Crippen LogP contribution is 2.23. The van der Waals surface area contributed by atoms with Gasteiger partial charge < -0.3 is 15.1 Å². The number of nitrogens with zero attached hydrogens (tertiary/aromatic N) is 2. The molecule has 1 fully saturated rings. The summed E-state index contributed by atoms with van der Waals surface area (Å²) in [5.41, 5.74) is 0.561. The van der Waals surface area contributed by atoms with E-state index in [1.165, 1.54) is 19.2 Å². The zero-order chi connectivity index (χ0) is 27.4. The number of carbonyl (C=O) groups is 3. The molecule has 3 atom stereocenters. The maximum Gasteiger partial charge on any atom is 0.287 e. The average molecular weight is 541 g/mol. The topological polar surface area (TPSA) is 139 Å². The second-order valence-electron chi connectivity index (χ2n) is 9.87. The van der Waals surface area contributed by atoms with Gasteiger partial charge in [0.2, 0.25) is 5.91 Å². The predicted molar refractivity (Wildman–Crippen MR) is 141 cm³/mol. The summed E-state index contributed by atoms with van der Waals surface area (Å²) in [5.74, 6) is -1.29. The van der Waals surface area contributed by atoms with Gasteiger partial charge >= 0.3 is 0 Å². The highest BCUT2D eigenvalue weighted by Gasteiger charge is 2.40. The van der Waals surface area contributed by atoms with E-state index in [-0.39, 0.29) is 29.7 Å². The Kier molecular flexibility index (Phi) is 8.27. The van der Waals surface area contributed by atoms with Gasteiger partial charge in [-0.1, -0.05) is 38.1 Å². The van der Waals surface area contributed by atoms with E-state index in [1.807, 2.05) is 26.0 Å². The second kappa shape index (κ2) is 11.4. The molecule has 4 rings (SSSR count). The van der Waals surface area contributed by atoms with E-state index >= 15 is 0 Å². The minimum atomic E-state index is -3.99. The number of amides is 2. The number of fused-ring (bicyclic) bond motifs is 1. The molecule has 1 saturated heterocycles. The van der Waals surface area contributed by atoms with Crippen molar-refractivity contribution in [3.8, 4) is 0 Å². The van der Waals surface area contributed by atoms with E-state index in [4.69, 9.17) is 4.42 Å². The lowest BCUT2D eigenvalue weighted by molar-refractivity contribution is -0.130. The summed E-state index contributed by atoms with van der Waals surface area (Å²) in [7, 11) is -3.99. The molecule has 1 aliphatic heterocycles. The van der Waals surface area contributed by atoms with Crippen molar-refractivity contribution in [3.63, 3.8) is 0 Å². The van der Waals surface area contributed by atoms with Gasteiger partial charge in [0, 0.05) is 18.1 Å². The Labute approximate surface area is 221 Å². The summed E-state index contributed by atoms with van der Waals surface area (Å²) in [6, 6.07) is 10.6. The molecular formula is C27H32N4O6S. The Balaban J connectivity index is 1.47. The molecular weight excluding hydrogens is 508 g/mol. The SMILES string of the molecule is CC(C)C[C@H](NC(=O)c1cc2ccccc2o1)C(=O)NC1CCCN(S(=O)(=O)c2ccccn2)C(C)C1=O. The lowest BCUT2D eigenvalue weighted by Crippen LogP contribution is -2.54. The Morgan fingerprint density at radius 3 is 2.58 bits per heavy atom. The van der Waals surface area contributed by atoms with E-state index in [0.29, 0.717) is 18.4 Å². The number of hydrogen-bond donors (Lipinski definition) is 2. The van der Waals surface area contributed by atoms with Crippen molar-refractivity contribution in [2.75, 3.05) is 6.54 Å². The molecule has 202 valence electrons. The first kappa shape index (κ1) is 27.5. The molecule has 2 N–H and O–H groups in total. The van der Waals surface area contributed by atoms with Crippen molar-refractivity contribution in [2.24, 2.45) is 5.92 Å². The van der Waals surface area contributed by atoms with Crippen LogP contribution in [0.3, 0.4) is 0 Å². The van der Waals surface area contributed by atoms with Crippen molar-refractivity contribution in [1.29, 1.82) is 0 Å². The molecule has 2 aromatic heterocycles. The van der Waals surface area contributed by atoms with Gasteiger partial charge in [0.15, 0.2) is 16.6 Å². The molecule has 3 heterocycles. The van der Waals surface area contributed by atoms with E-state index in [9.17, 15) is 22.8 Å². The number of rotatable bonds is 8. The van der Waals surface area contributed by atoms with Gasteiger partial charge in [-0.25, -0.2) is 13.4 Å². The number of sulfonamides is 1. The van der Waals surface area contributed by atoms with Crippen LogP contribution in [-0.4, -0.2) is 60.0 Å². The highest BCUT2D eigenvalue weighted by atomic mass is 32.2. The van der Waals surface area contributed by atoms with E-state index in [2.05, 4.69) is 15.6 Å². The van der Waals surface area contributed by atoms with Crippen LogP contribution in [0.5, 0.6) is 0 Å². The van der Waals surface area contributed by atoms with Crippen molar-refractivity contribution in [3.05, 3.63) is 60.5 Å². The molecule has 2 amide bonds. The largest absolute Gasteiger partial charge is 0.451 e. The van der Waals surface area contributed by atoms with Crippen molar-refractivity contribution >= 4 is 38.6 Å². The number of para-hydroxylation sites is 1. The van der Waals surface area contributed by atoms with E-state index < -0.39 is 45.7 Å². The van der Waals surface area contributed by atoms with E-state index in [0.717, 1.165) is 9.69 Å². The molecule has 1 aromatic carbocycles. The minimum Gasteiger partial charge on any atom is -0.451 e. The molecule has 10 nitrogen and oxygen atoms in total. The Morgan fingerprint density at radius 1 is 1.16 bits per heavy atom. The Hall–Kier alpha value is -3.57. The minimum absolute atomic E-state index is 0.0736. The van der Waals surface area contributed by atoms with Crippen LogP contribution in [-0.2, 0) is 19.6 Å². The first-order valence-corrected chi connectivity index (χ1v) is 14.1. The number of nitrogens with one attached hydrogen (secondary N) is 2. The van der Waals surface area contributed by atoms with Crippen LogP contribution in [0, 0.1) is 5.92 Å². The molecule has 38 heavy (non-hydrogen) atoms. The summed E-state index contributed by atoms with van der Waals surface area (Å²) in [4.78, 5) is 43.5. The Bertz CT molecular complexity index is 1390. The van der Waals surface area contributed by atoms with Crippen LogP contribution in [0.1, 0.15) is 50.6 Å². The van der Waals surface area contributed by atoms with Gasteiger partial charge in [0.05, 0.1) is 12.1 Å². The maximum atomic E-state index is 13.3. The quantitative estimate of drug-likeness (QED) is 0.448. The standard InChI is InChI=1S/C27H32N4O6S/c1-17(2)15-21(30-27(34)23-16-19-9-4-5-11-22(19)37-23)26(33)29-20-10-8-14-31(18(3)25(20)32)38(35,36)24-12-6-7-13-28-24/h4-7,9,11-13,16-18,20-21H,8,10,14-15H2,1-3H3,(H,29,33)(H,30,34)/t18?,20?,21-/m0/s1. The molecule has 3 aromatic rings. The fourth-order valence-electron chi connectivity index (χ4n) is 4.61. The molecule has 0 spiro atoms. The third-order valence-electron chi connectivity index (χ3n) is 6.56. The third kappa shape index (κ3) is 5.94. The first-order valence-electron chi connectivity index (χ1n) is 12.6. The number of hydrogen-bond acceptors (Lipinski definition) is 7. The number of furan rings is 1. The van der Waals surface area contributed by atoms with Gasteiger partial charge in [-0.05, 0) is 56.4 Å². The monoisotopic (exact) mass is 540 g/mol. The smallest absolute Gasteiger partial charge is 0.287 e. The predicted octanol–water partition coefficient (Wildman–Crippen LogP) is 2.90. The molecule has 1 aliphatic rings. The third-order valence-corrected chi connectivity index (χ3v) is 8.45. The highest BCUT2D eigenvalue weighted by molar-refractivity contribution is 7.89. The van der Waals surface area contributed by atoms with Crippen LogP contribution in [0.15, 0.2) is 64.2 Å². The first-order chi connectivity index (χ1) is 18.1. The molecule has 0 aliphatic carbocycles. The van der Waals surface area contributed by atoms with Gasteiger partial charge in [-0.2, -0.15) is 4.31 Å². The lowest BCUT2D eigenvalue weighted by Gasteiger charge is -2.27. The normalized spacial score (nSPS) is 19.7. The maximum absolute atomic E-state index is 13.3. The lowest BCUT2D eigenvalue weighted by atomic mass is 10.00. The zero-order valence-electron chi connectivity index (χ0n) is 21.6. The Morgan fingerprint density at radius 2 is 1.89 bits per heavy atom. The summed E-state index contributed by atoms with van der Waals surface area (Å²) in [5, 5.41) is 6.15. The van der Waals surface area contributed by atoms with Crippen LogP contribution >= 0.6 is 0 Å². The average Bonchev–Trinajstić information content (AvgIpc) is 3.28. The summed E-state index contributed by atoms with van der Waals surface area (Å²) in [6.45, 7) is 5.48. The van der Waals surface area contributed by atoms with Crippen LogP contribution in [0.4, 0.5) is 0 Å². The second-order valence-corrected chi connectivity index (χ2v) is 11.7. The van der Waals surface area contributed by atoms with Crippen LogP contribution < -0.4 is 10.6 Å². The van der Waals surface area contributed by atoms with Gasteiger partial charge in [-0.3, -0.25) is 14.4 Å². The van der Waals surface area contributed by atoms with Crippen LogP contribution in [0.25, 0.3) is 11.0 Å². The number of pyridine rings is 1. The van der Waals surface area contributed by atoms with Gasteiger partial charge in [0.25, 0.3) is 15.9 Å². The molecule has 0 bridgehead atoms. The molecule has 11 heteroatoms. The number of Topliss-reactive ketones (excluding diaryl/α,β-unsaturated/α-hetero) is 1. The zero-order valence-corrected chi connectivity index (χ0v) is 22.4. The van der Waals surface area contributed by atoms with E-state index in [1.54, 1.807) is 30.3 Å². The summed E-state index contributed by atoms with van der Waals surface area (Å²) < 4.78 is 33.1. The molecule has 0 radical (unpaired) electrons. The molecule has 0 saturated carbocycles. The fourth-order valence-corrected chi connectivity index (χ4v) is 6.18. The summed E-state index contributed by atoms with van der Waals surface area (Å²) in [6.07, 6.45) is 2.37. The molecule has 2 unspecified atom stereocenters. The number of aromatic nitrogens is 1. The number of benzene rings is 1. The van der Waals surface area contributed by atoms with Gasteiger partial charge in [-0.15, -0.1) is 0 Å². The van der Waals surface area contributed by atoms with Crippen molar-refractivity contribution in [1.82, 2.24) is 19.9 Å². The van der Waals surface area contributed by atoms with Gasteiger partial charge in [0.1, 0.15) is 11.6 Å². The summed E-state index contributed by atoms with van der Waals surface area (Å²) >= 11 is 0.